The van der Waals surface area contributed by atoms with Gasteiger partial charge in [0.15, 0.2) is 15.6 Å². The lowest BCUT2D eigenvalue weighted by atomic mass is 9.83. The van der Waals surface area contributed by atoms with E-state index in [1.165, 1.54) is 19.3 Å². The van der Waals surface area contributed by atoms with E-state index in [0.717, 1.165) is 31.2 Å². The summed E-state index contributed by atoms with van der Waals surface area (Å²) in [6.07, 6.45) is 8.43. The number of methoxy groups -OCH3 is 1. The van der Waals surface area contributed by atoms with Crippen molar-refractivity contribution in [2.24, 2.45) is 5.92 Å². The van der Waals surface area contributed by atoms with Gasteiger partial charge in [-0.15, -0.1) is 0 Å². The molecule has 220 valence electrons. The van der Waals surface area contributed by atoms with Gasteiger partial charge in [0.2, 0.25) is 0 Å². The summed E-state index contributed by atoms with van der Waals surface area (Å²) in [7, 11) is -1.86. The highest BCUT2D eigenvalue weighted by Crippen LogP contribution is 2.28. The fourth-order valence-electron chi connectivity index (χ4n) is 5.22. The first-order valence-electron chi connectivity index (χ1n) is 14.5. The Kier molecular flexibility index (Phi) is 11.8. The molecule has 0 unspecified atom stereocenters. The summed E-state index contributed by atoms with van der Waals surface area (Å²) in [5, 5.41) is 5.73. The molecule has 1 fully saturated rings. The number of hydrogen-bond acceptors (Lipinski definition) is 5. The molecule has 40 heavy (non-hydrogen) atoms. The number of unbranched alkanes of at least 4 members (excludes halogenated alkanes) is 1. The number of anilines is 1. The number of Topliss-reactive ketones (excluding diaryl/α,β-unsaturated/α-hetero) is 1. The monoisotopic (exact) mass is 570 g/mol. The Balaban J connectivity index is 1.58. The zero-order valence-corrected chi connectivity index (χ0v) is 25.3. The van der Waals surface area contributed by atoms with Crippen LogP contribution in [0, 0.1) is 5.92 Å². The van der Waals surface area contributed by atoms with Crippen LogP contribution in [0.3, 0.4) is 0 Å². The van der Waals surface area contributed by atoms with Gasteiger partial charge in [-0.1, -0.05) is 77.1 Å². The van der Waals surface area contributed by atoms with Crippen molar-refractivity contribution in [3.05, 3.63) is 59.7 Å². The summed E-state index contributed by atoms with van der Waals surface area (Å²) < 4.78 is 31.0. The molecule has 0 heterocycles. The lowest BCUT2D eigenvalue weighted by Gasteiger charge is -2.26. The van der Waals surface area contributed by atoms with E-state index in [-0.39, 0.29) is 21.8 Å². The number of amides is 2. The summed E-state index contributed by atoms with van der Waals surface area (Å²) in [6, 6.07) is 12.9. The molecular formula is C32H46N2O5S. The molecule has 7 nitrogen and oxygen atoms in total. The average molecular weight is 571 g/mol. The summed E-state index contributed by atoms with van der Waals surface area (Å²) in [5.74, 6) is 0.385. The third-order valence-corrected chi connectivity index (χ3v) is 9.36. The van der Waals surface area contributed by atoms with Crippen molar-refractivity contribution in [3.63, 3.8) is 0 Å². The van der Waals surface area contributed by atoms with Gasteiger partial charge in [-0.3, -0.25) is 4.79 Å². The third kappa shape index (κ3) is 10.0. The number of nitrogens with one attached hydrogen (secondary N) is 2. The van der Waals surface area contributed by atoms with Crippen LogP contribution in [0.25, 0.3) is 0 Å². The minimum absolute atomic E-state index is 0.0509. The maximum atomic E-state index is 13.0. The van der Waals surface area contributed by atoms with E-state index >= 15 is 0 Å². The number of rotatable bonds is 13. The number of benzene rings is 2. The van der Waals surface area contributed by atoms with E-state index in [1.807, 2.05) is 12.1 Å². The van der Waals surface area contributed by atoms with Gasteiger partial charge in [-0.25, -0.2) is 13.2 Å². The molecule has 0 spiro atoms. The van der Waals surface area contributed by atoms with Crippen molar-refractivity contribution < 1.29 is 22.7 Å². The Bertz CT molecular complexity index is 1200. The van der Waals surface area contributed by atoms with Crippen molar-refractivity contribution >= 4 is 27.3 Å². The zero-order chi connectivity index (χ0) is 29.2. The quantitative estimate of drug-likeness (QED) is 0.258. The largest absolute Gasteiger partial charge is 0.385 e. The predicted molar refractivity (Wildman–Crippen MR) is 160 cm³/mol. The van der Waals surface area contributed by atoms with Crippen LogP contribution in [0.4, 0.5) is 10.5 Å². The van der Waals surface area contributed by atoms with Crippen molar-refractivity contribution in [1.29, 1.82) is 0 Å². The SMILES string of the molecule is COCCCCC(=O)[C@@H](CC1CCCCC1)NC(=O)Nc1ccc(CS(=O)(=O)c2ccc(C(C)(C)C)cc2)cc1. The van der Waals surface area contributed by atoms with E-state index < -0.39 is 21.9 Å². The Hall–Kier alpha value is -2.71. The fraction of sp³-hybridized carbons (Fsp3) is 0.562. The minimum atomic E-state index is -3.51. The van der Waals surface area contributed by atoms with Gasteiger partial charge >= 0.3 is 6.03 Å². The molecule has 0 aliphatic heterocycles. The van der Waals surface area contributed by atoms with Crippen LogP contribution in [0.2, 0.25) is 0 Å². The van der Waals surface area contributed by atoms with Crippen LogP contribution in [-0.2, 0) is 30.5 Å². The normalized spacial score (nSPS) is 15.4. The number of ether oxygens (including phenoxy) is 1. The fourth-order valence-corrected chi connectivity index (χ4v) is 6.57. The molecule has 1 saturated carbocycles. The van der Waals surface area contributed by atoms with Gasteiger partial charge in [-0.05, 0) is 66.0 Å². The molecule has 2 amide bonds. The highest BCUT2D eigenvalue weighted by Gasteiger charge is 2.26. The lowest BCUT2D eigenvalue weighted by molar-refractivity contribution is -0.121. The second kappa shape index (κ2) is 14.8. The number of carbonyl (C=O) groups is 2. The number of urea groups is 1. The van der Waals surface area contributed by atoms with Gasteiger partial charge in [-0.2, -0.15) is 0 Å². The molecule has 1 aliphatic rings. The van der Waals surface area contributed by atoms with Crippen LogP contribution in [0.5, 0.6) is 0 Å². The summed E-state index contributed by atoms with van der Waals surface area (Å²) >= 11 is 0. The Morgan fingerprint density at radius 3 is 2.20 bits per heavy atom. The molecule has 0 bridgehead atoms. The third-order valence-electron chi connectivity index (χ3n) is 7.66. The first kappa shape index (κ1) is 31.8. The second-order valence-electron chi connectivity index (χ2n) is 12.0. The van der Waals surface area contributed by atoms with Gasteiger partial charge in [0.25, 0.3) is 0 Å². The smallest absolute Gasteiger partial charge is 0.319 e. The average Bonchev–Trinajstić information content (AvgIpc) is 2.92. The lowest BCUT2D eigenvalue weighted by Crippen LogP contribution is -2.44. The zero-order valence-electron chi connectivity index (χ0n) is 24.5. The Labute approximate surface area is 240 Å². The van der Waals surface area contributed by atoms with Gasteiger partial charge < -0.3 is 15.4 Å². The molecule has 3 rings (SSSR count). The van der Waals surface area contributed by atoms with Gasteiger partial charge in [0.1, 0.15) is 0 Å². The number of sulfone groups is 1. The summed E-state index contributed by atoms with van der Waals surface area (Å²) in [4.78, 5) is 26.1. The molecule has 2 N–H and O–H groups in total. The molecule has 0 aromatic heterocycles. The van der Waals surface area contributed by atoms with E-state index in [9.17, 15) is 18.0 Å². The van der Waals surface area contributed by atoms with Crippen molar-refractivity contribution in [3.8, 4) is 0 Å². The highest BCUT2D eigenvalue weighted by molar-refractivity contribution is 7.90. The maximum absolute atomic E-state index is 13.0. The van der Waals surface area contributed by atoms with E-state index in [0.29, 0.717) is 36.6 Å². The van der Waals surface area contributed by atoms with Crippen LogP contribution in [0.15, 0.2) is 53.4 Å². The molecule has 1 aliphatic carbocycles. The minimum Gasteiger partial charge on any atom is -0.385 e. The molecule has 1 atom stereocenters. The number of hydrogen-bond donors (Lipinski definition) is 2. The summed E-state index contributed by atoms with van der Waals surface area (Å²) in [5.41, 5.74) is 2.20. The van der Waals surface area contributed by atoms with Crippen molar-refractivity contribution in [2.45, 2.75) is 101 Å². The standard InChI is InChI=1S/C32H46N2O5S/c1-32(2,3)26-15-19-28(20-16-26)40(37,38)23-25-13-17-27(18-14-25)33-31(36)34-29(22-24-10-6-5-7-11-24)30(35)12-8-9-21-39-4/h13-20,24,29H,5-12,21-23H2,1-4H3,(H2,33,34,36)/t29-/m1/s1. The number of ketones is 1. The molecule has 0 radical (unpaired) electrons. The Morgan fingerprint density at radius 2 is 1.60 bits per heavy atom. The van der Waals surface area contributed by atoms with Crippen molar-refractivity contribution in [1.82, 2.24) is 5.32 Å². The molecule has 0 saturated heterocycles. The maximum Gasteiger partial charge on any atom is 0.319 e. The molecule has 8 heteroatoms. The molecule has 2 aromatic carbocycles. The second-order valence-corrected chi connectivity index (χ2v) is 14.0. The van der Waals surface area contributed by atoms with Crippen LogP contribution >= 0.6 is 0 Å². The van der Waals surface area contributed by atoms with Gasteiger partial charge in [0.05, 0.1) is 16.7 Å². The Morgan fingerprint density at radius 1 is 0.950 bits per heavy atom. The van der Waals surface area contributed by atoms with E-state index in [4.69, 9.17) is 4.74 Å². The molecule has 2 aromatic rings. The van der Waals surface area contributed by atoms with Crippen LogP contribution < -0.4 is 10.6 Å². The van der Waals surface area contributed by atoms with Crippen molar-refractivity contribution in [2.75, 3.05) is 19.0 Å². The van der Waals surface area contributed by atoms with Crippen LogP contribution in [0.1, 0.15) is 89.7 Å². The van der Waals surface area contributed by atoms with E-state index in [2.05, 4.69) is 31.4 Å². The van der Waals surface area contributed by atoms with E-state index in [1.54, 1.807) is 43.5 Å². The predicted octanol–water partition coefficient (Wildman–Crippen LogP) is 6.80. The highest BCUT2D eigenvalue weighted by atomic mass is 32.2. The first-order chi connectivity index (χ1) is 19.0. The van der Waals surface area contributed by atoms with Crippen LogP contribution in [-0.4, -0.2) is 40.0 Å². The topological polar surface area (TPSA) is 102 Å². The molecular weight excluding hydrogens is 524 g/mol. The summed E-state index contributed by atoms with van der Waals surface area (Å²) in [6.45, 7) is 6.89. The van der Waals surface area contributed by atoms with Gasteiger partial charge in [0, 0.05) is 25.8 Å². The first-order valence-corrected chi connectivity index (χ1v) is 16.1. The number of carbonyl (C=O) groups excluding carboxylic acids is 2.